The third-order valence-corrected chi connectivity index (χ3v) is 7.57. The van der Waals surface area contributed by atoms with E-state index < -0.39 is 22.1 Å². The Morgan fingerprint density at radius 1 is 1.00 bits per heavy atom. The fraction of sp³-hybridized carbons (Fsp3) is 0.550. The number of morpholine rings is 1. The van der Waals surface area contributed by atoms with Gasteiger partial charge in [0.05, 0.1) is 17.7 Å². The number of ether oxygens (including phenoxy) is 1. The van der Waals surface area contributed by atoms with Gasteiger partial charge in [0.1, 0.15) is 5.69 Å². The largest absolute Gasteiger partial charge is 0.433 e. The number of fused-ring (bicyclic) bond motifs is 1. The third kappa shape index (κ3) is 4.50. The zero-order chi connectivity index (χ0) is 22.4. The molecule has 0 spiro atoms. The number of hydrogen-bond acceptors (Lipinski definition) is 5. The van der Waals surface area contributed by atoms with Crippen LogP contribution in [0.25, 0.3) is 10.9 Å². The molecule has 7 nitrogen and oxygen atoms in total. The van der Waals surface area contributed by atoms with Crippen LogP contribution in [0.3, 0.4) is 0 Å². The second-order valence-electron chi connectivity index (χ2n) is 8.01. The maximum atomic E-state index is 13.4. The van der Waals surface area contributed by atoms with Crippen LogP contribution in [-0.4, -0.2) is 73.5 Å². The SMILES string of the molecule is CC1CN(S(=O)(=O)N2CCN(c3cc(C(F)(F)F)nc4ccccc34)CC2)CC(C)O1. The Morgan fingerprint density at radius 2 is 1.61 bits per heavy atom. The molecule has 2 saturated heterocycles. The highest BCUT2D eigenvalue weighted by Gasteiger charge is 2.38. The Labute approximate surface area is 179 Å². The van der Waals surface area contributed by atoms with Gasteiger partial charge in [-0.2, -0.15) is 30.2 Å². The highest BCUT2D eigenvalue weighted by Crippen LogP contribution is 2.35. The van der Waals surface area contributed by atoms with E-state index in [4.69, 9.17) is 4.74 Å². The van der Waals surface area contributed by atoms with E-state index in [9.17, 15) is 21.6 Å². The van der Waals surface area contributed by atoms with Gasteiger partial charge >= 0.3 is 6.18 Å². The molecule has 4 rings (SSSR count). The molecule has 2 aliphatic rings. The van der Waals surface area contributed by atoms with Gasteiger partial charge in [-0.15, -0.1) is 0 Å². The van der Waals surface area contributed by atoms with Crippen molar-refractivity contribution >= 4 is 26.8 Å². The number of halogens is 3. The van der Waals surface area contributed by atoms with E-state index in [0.29, 0.717) is 24.2 Å². The second-order valence-corrected chi connectivity index (χ2v) is 9.94. The summed E-state index contributed by atoms with van der Waals surface area (Å²) >= 11 is 0. The van der Waals surface area contributed by atoms with Crippen LogP contribution in [0.2, 0.25) is 0 Å². The molecule has 0 radical (unpaired) electrons. The van der Waals surface area contributed by atoms with Gasteiger partial charge in [-0.3, -0.25) is 0 Å². The molecule has 0 N–H and O–H groups in total. The van der Waals surface area contributed by atoms with Gasteiger partial charge < -0.3 is 9.64 Å². The normalized spacial score (nSPS) is 24.6. The highest BCUT2D eigenvalue weighted by molar-refractivity contribution is 7.86. The van der Waals surface area contributed by atoms with E-state index in [2.05, 4.69) is 4.98 Å². The fourth-order valence-corrected chi connectivity index (χ4v) is 5.95. The van der Waals surface area contributed by atoms with Crippen LogP contribution >= 0.6 is 0 Å². The second kappa shape index (κ2) is 8.19. The van der Waals surface area contributed by atoms with Crippen molar-refractivity contribution in [2.24, 2.45) is 0 Å². The molecule has 11 heteroatoms. The first-order valence-corrected chi connectivity index (χ1v) is 11.6. The number of piperazine rings is 1. The molecule has 2 aliphatic heterocycles. The lowest BCUT2D eigenvalue weighted by molar-refractivity contribution is -0.140. The van der Waals surface area contributed by atoms with Crippen molar-refractivity contribution in [1.29, 1.82) is 0 Å². The van der Waals surface area contributed by atoms with E-state index >= 15 is 0 Å². The number of alkyl halides is 3. The van der Waals surface area contributed by atoms with E-state index in [0.717, 1.165) is 6.07 Å². The molecule has 2 atom stereocenters. The average Bonchev–Trinajstić information content (AvgIpc) is 2.71. The molecule has 2 unspecified atom stereocenters. The van der Waals surface area contributed by atoms with Crippen LogP contribution in [0.15, 0.2) is 30.3 Å². The van der Waals surface area contributed by atoms with Gasteiger partial charge in [-0.25, -0.2) is 4.98 Å². The summed E-state index contributed by atoms with van der Waals surface area (Å²) in [4.78, 5) is 5.56. The Kier molecular flexibility index (Phi) is 5.88. The van der Waals surface area contributed by atoms with Crippen LogP contribution < -0.4 is 4.90 Å². The van der Waals surface area contributed by atoms with Gasteiger partial charge in [0, 0.05) is 50.3 Å². The van der Waals surface area contributed by atoms with E-state index in [1.165, 1.54) is 8.61 Å². The number of anilines is 1. The fourth-order valence-electron chi connectivity index (χ4n) is 4.21. The van der Waals surface area contributed by atoms with E-state index in [-0.39, 0.29) is 43.9 Å². The summed E-state index contributed by atoms with van der Waals surface area (Å²) in [6, 6.07) is 7.74. The summed E-state index contributed by atoms with van der Waals surface area (Å²) in [5, 5.41) is 0.614. The third-order valence-electron chi connectivity index (χ3n) is 5.60. The van der Waals surface area contributed by atoms with Gasteiger partial charge in [0.25, 0.3) is 10.2 Å². The van der Waals surface area contributed by atoms with Crippen molar-refractivity contribution in [3.05, 3.63) is 36.0 Å². The van der Waals surface area contributed by atoms with Crippen LogP contribution in [0.4, 0.5) is 18.9 Å². The lowest BCUT2D eigenvalue weighted by atomic mass is 10.1. The first-order chi connectivity index (χ1) is 14.6. The number of nitrogens with zero attached hydrogens (tertiary/aromatic N) is 4. The molecule has 3 heterocycles. The minimum atomic E-state index is -4.56. The molecule has 1 aromatic carbocycles. The zero-order valence-electron chi connectivity index (χ0n) is 17.3. The summed E-state index contributed by atoms with van der Waals surface area (Å²) in [5.41, 5.74) is -0.269. The predicted molar refractivity (Wildman–Crippen MR) is 111 cm³/mol. The maximum Gasteiger partial charge on any atom is 0.433 e. The molecule has 0 bridgehead atoms. The Bertz CT molecular complexity index is 1050. The number of benzene rings is 1. The predicted octanol–water partition coefficient (Wildman–Crippen LogP) is 2.73. The number of para-hydroxylation sites is 1. The van der Waals surface area contributed by atoms with E-state index in [1.807, 2.05) is 13.8 Å². The summed E-state index contributed by atoms with van der Waals surface area (Å²) in [6.45, 7) is 5.22. The zero-order valence-corrected chi connectivity index (χ0v) is 18.2. The van der Waals surface area contributed by atoms with Crippen LogP contribution in [-0.2, 0) is 21.1 Å². The molecule has 170 valence electrons. The summed E-state index contributed by atoms with van der Waals surface area (Å²) in [5.74, 6) is 0. The smallest absolute Gasteiger partial charge is 0.373 e. The molecule has 2 fully saturated rings. The molecule has 2 aromatic rings. The lowest BCUT2D eigenvalue weighted by Gasteiger charge is -2.41. The van der Waals surface area contributed by atoms with Crippen LogP contribution in [0, 0.1) is 0 Å². The number of pyridine rings is 1. The molecule has 0 amide bonds. The molecular weight excluding hydrogens is 433 g/mol. The van der Waals surface area contributed by atoms with Crippen molar-refractivity contribution in [2.75, 3.05) is 44.2 Å². The average molecular weight is 459 g/mol. The Balaban J connectivity index is 1.56. The van der Waals surface area contributed by atoms with Crippen LogP contribution in [0.5, 0.6) is 0 Å². The summed E-state index contributed by atoms with van der Waals surface area (Å²) in [7, 11) is -3.66. The molecule has 1 aromatic heterocycles. The number of rotatable bonds is 3. The van der Waals surface area contributed by atoms with Gasteiger partial charge in [-0.1, -0.05) is 18.2 Å². The number of hydrogen-bond donors (Lipinski definition) is 0. The van der Waals surface area contributed by atoms with E-state index in [1.54, 1.807) is 29.2 Å². The standard InChI is InChI=1S/C20H25F3N4O3S/c1-14-12-27(13-15(2)30-14)31(28,29)26-9-7-25(8-10-26)18-11-19(20(21,22)23)24-17-6-4-3-5-16(17)18/h3-6,11,14-15H,7-10,12-13H2,1-2H3. The van der Waals surface area contributed by atoms with Gasteiger partial charge in [0.2, 0.25) is 0 Å². The van der Waals surface area contributed by atoms with Crippen molar-refractivity contribution < 1.29 is 26.3 Å². The van der Waals surface area contributed by atoms with Crippen LogP contribution in [0.1, 0.15) is 19.5 Å². The number of aromatic nitrogens is 1. The van der Waals surface area contributed by atoms with Crippen molar-refractivity contribution in [2.45, 2.75) is 32.2 Å². The lowest BCUT2D eigenvalue weighted by Crippen LogP contribution is -2.57. The molecule has 0 saturated carbocycles. The molecular formula is C20H25F3N4O3S. The topological polar surface area (TPSA) is 66.0 Å². The minimum Gasteiger partial charge on any atom is -0.373 e. The minimum absolute atomic E-state index is 0.191. The van der Waals surface area contributed by atoms with Crippen molar-refractivity contribution in [3.63, 3.8) is 0 Å². The monoisotopic (exact) mass is 458 g/mol. The Hall–Kier alpha value is -1.95. The summed E-state index contributed by atoms with van der Waals surface area (Å²) in [6.07, 6.45) is -4.94. The van der Waals surface area contributed by atoms with Gasteiger partial charge in [-0.05, 0) is 26.0 Å². The first kappa shape index (κ1) is 22.3. The molecule has 31 heavy (non-hydrogen) atoms. The Morgan fingerprint density at radius 3 is 2.23 bits per heavy atom. The first-order valence-electron chi connectivity index (χ1n) is 10.2. The quantitative estimate of drug-likeness (QED) is 0.708. The highest BCUT2D eigenvalue weighted by atomic mass is 32.2. The van der Waals surface area contributed by atoms with Gasteiger partial charge in [0.15, 0.2) is 0 Å². The van der Waals surface area contributed by atoms with Crippen molar-refractivity contribution in [3.8, 4) is 0 Å². The maximum absolute atomic E-state index is 13.4. The summed E-state index contributed by atoms with van der Waals surface area (Å²) < 4.78 is 74.7. The molecule has 0 aliphatic carbocycles. The van der Waals surface area contributed by atoms with Crippen molar-refractivity contribution in [1.82, 2.24) is 13.6 Å².